The third-order valence-corrected chi connectivity index (χ3v) is 0.545. The highest BCUT2D eigenvalue weighted by molar-refractivity contribution is 4.55. The van der Waals surface area contributed by atoms with E-state index in [0.717, 1.165) is 0 Å². The summed E-state index contributed by atoms with van der Waals surface area (Å²) in [5.41, 5.74) is 0. The lowest BCUT2D eigenvalue weighted by molar-refractivity contribution is -0.0641. The first-order chi connectivity index (χ1) is 2.81. The Bertz CT molecular complexity index is 44.8. The van der Waals surface area contributed by atoms with Gasteiger partial charge in [-0.15, -0.1) is 0 Å². The largest absolute Gasteiger partial charge is 0.278 e. The average molecular weight is 87.1 g/mol. The second-order valence-corrected chi connectivity index (χ2v) is 0.911. The molecule has 0 aliphatic carbocycles. The molecule has 0 aromatic heterocycles. The van der Waals surface area contributed by atoms with E-state index in [1.54, 1.807) is 20.4 Å². The molecule has 0 spiro atoms. The van der Waals surface area contributed by atoms with E-state index in [0.29, 0.717) is 0 Å². The van der Waals surface area contributed by atoms with E-state index >= 15 is 0 Å². The zero-order valence-corrected chi connectivity index (χ0v) is 4.14. The molecule has 0 aromatic carbocycles. The van der Waals surface area contributed by atoms with Crippen LogP contribution < -0.4 is 0 Å². The van der Waals surface area contributed by atoms with Crippen LogP contribution in [0, 0.1) is 0 Å². The first-order valence-corrected chi connectivity index (χ1v) is 1.70. The number of rotatable bonds is 2. The number of hydroxylamine groups is 2. The predicted octanol–water partition coefficient (Wildman–Crippen LogP) is 0.623. The van der Waals surface area contributed by atoms with Crippen molar-refractivity contribution in [2.75, 3.05) is 14.2 Å². The molecule has 0 rings (SSSR count). The summed E-state index contributed by atoms with van der Waals surface area (Å²) in [7, 11) is 3.36. The van der Waals surface area contributed by atoms with Crippen LogP contribution in [0.15, 0.2) is 12.8 Å². The first kappa shape index (κ1) is 5.50. The molecule has 2 heteroatoms. The lowest BCUT2D eigenvalue weighted by Crippen LogP contribution is -2.05. The smallest absolute Gasteiger partial charge is 0.0638 e. The molecule has 2 nitrogen and oxygen atoms in total. The van der Waals surface area contributed by atoms with E-state index in [1.165, 1.54) is 5.06 Å². The Hall–Kier alpha value is -0.500. The van der Waals surface area contributed by atoms with Crippen LogP contribution in [0.25, 0.3) is 0 Å². The maximum atomic E-state index is 4.61. The standard InChI is InChI=1S/C4H9NO/c1-4-5(2)6-3/h4H,1H2,2-3H3. The molecule has 0 heterocycles. The number of hydrogen-bond donors (Lipinski definition) is 0. The average Bonchev–Trinajstić information content (AvgIpc) is 1.65. The molecule has 0 saturated heterocycles. The zero-order chi connectivity index (χ0) is 4.99. The minimum Gasteiger partial charge on any atom is -0.278 e. The summed E-state index contributed by atoms with van der Waals surface area (Å²) in [5.74, 6) is 0. The van der Waals surface area contributed by atoms with Crippen molar-refractivity contribution in [3.8, 4) is 0 Å². The van der Waals surface area contributed by atoms with Gasteiger partial charge in [0, 0.05) is 13.2 Å². The van der Waals surface area contributed by atoms with Crippen LogP contribution in [0.5, 0.6) is 0 Å². The SMILES string of the molecule is C=CN(C)OC. The van der Waals surface area contributed by atoms with Gasteiger partial charge < -0.3 is 0 Å². The minimum atomic E-state index is 1.51. The molecule has 36 valence electrons. The maximum Gasteiger partial charge on any atom is 0.0638 e. The molecule has 0 radical (unpaired) electrons. The normalized spacial score (nSPS) is 7.67. The van der Waals surface area contributed by atoms with Crippen molar-refractivity contribution in [3.63, 3.8) is 0 Å². The van der Waals surface area contributed by atoms with Crippen LogP contribution in [0.1, 0.15) is 0 Å². The molecule has 0 atom stereocenters. The van der Waals surface area contributed by atoms with Gasteiger partial charge in [-0.3, -0.25) is 9.90 Å². The lowest BCUT2D eigenvalue weighted by Gasteiger charge is -2.06. The molecule has 0 unspecified atom stereocenters. The molecule has 0 amide bonds. The molecule has 0 aliphatic heterocycles. The van der Waals surface area contributed by atoms with Gasteiger partial charge >= 0.3 is 0 Å². The predicted molar refractivity (Wildman–Crippen MR) is 25.0 cm³/mol. The molecule has 0 fully saturated rings. The summed E-state index contributed by atoms with van der Waals surface area (Å²) in [6.45, 7) is 3.43. The zero-order valence-electron chi connectivity index (χ0n) is 4.14. The molecule has 0 saturated carbocycles. The van der Waals surface area contributed by atoms with Crippen molar-refractivity contribution in [1.82, 2.24) is 5.06 Å². The van der Waals surface area contributed by atoms with E-state index in [9.17, 15) is 0 Å². The summed E-state index contributed by atoms with van der Waals surface area (Å²) in [6, 6.07) is 0. The molecule has 0 aliphatic rings. The van der Waals surface area contributed by atoms with E-state index in [2.05, 4.69) is 11.4 Å². The molecule has 0 bridgehead atoms. The van der Waals surface area contributed by atoms with E-state index in [4.69, 9.17) is 0 Å². The monoisotopic (exact) mass is 87.1 g/mol. The summed E-state index contributed by atoms with van der Waals surface area (Å²) in [5, 5.41) is 1.51. The van der Waals surface area contributed by atoms with Crippen molar-refractivity contribution in [3.05, 3.63) is 12.8 Å². The Morgan fingerprint density at radius 3 is 2.33 bits per heavy atom. The van der Waals surface area contributed by atoms with Gasteiger partial charge in [0.25, 0.3) is 0 Å². The van der Waals surface area contributed by atoms with Crippen molar-refractivity contribution >= 4 is 0 Å². The molecule has 0 aromatic rings. The summed E-state index contributed by atoms with van der Waals surface area (Å²) >= 11 is 0. The number of nitrogens with zero attached hydrogens (tertiary/aromatic N) is 1. The van der Waals surface area contributed by atoms with Crippen molar-refractivity contribution in [1.29, 1.82) is 0 Å². The second-order valence-electron chi connectivity index (χ2n) is 0.911. The first-order valence-electron chi connectivity index (χ1n) is 1.70. The van der Waals surface area contributed by atoms with Crippen molar-refractivity contribution in [2.45, 2.75) is 0 Å². The van der Waals surface area contributed by atoms with Gasteiger partial charge in [-0.2, -0.15) is 0 Å². The topological polar surface area (TPSA) is 12.5 Å². The summed E-state index contributed by atoms with van der Waals surface area (Å²) in [4.78, 5) is 4.61. The van der Waals surface area contributed by atoms with Gasteiger partial charge in [-0.25, -0.2) is 0 Å². The van der Waals surface area contributed by atoms with E-state index in [-0.39, 0.29) is 0 Å². The Kier molecular flexibility index (Phi) is 2.50. The van der Waals surface area contributed by atoms with Gasteiger partial charge in [0.2, 0.25) is 0 Å². The Labute approximate surface area is 38.0 Å². The van der Waals surface area contributed by atoms with Crippen LogP contribution in [0.2, 0.25) is 0 Å². The van der Waals surface area contributed by atoms with Crippen molar-refractivity contribution < 1.29 is 4.84 Å². The Balaban J connectivity index is 2.96. The highest BCUT2D eigenvalue weighted by Gasteiger charge is 1.73. The fourth-order valence-electron chi connectivity index (χ4n) is 0.0745. The van der Waals surface area contributed by atoms with Crippen molar-refractivity contribution in [2.24, 2.45) is 0 Å². The number of hydrogen-bond acceptors (Lipinski definition) is 2. The Morgan fingerprint density at radius 1 is 1.83 bits per heavy atom. The van der Waals surface area contributed by atoms with Gasteiger partial charge in [0.05, 0.1) is 7.11 Å². The Morgan fingerprint density at radius 2 is 2.33 bits per heavy atom. The van der Waals surface area contributed by atoms with Crippen LogP contribution in [0.3, 0.4) is 0 Å². The molecule has 6 heavy (non-hydrogen) atoms. The van der Waals surface area contributed by atoms with Crippen LogP contribution in [-0.2, 0) is 4.84 Å². The fourth-order valence-corrected chi connectivity index (χ4v) is 0.0745. The highest BCUT2D eigenvalue weighted by Crippen LogP contribution is 1.75. The third kappa shape index (κ3) is 1.79. The summed E-state index contributed by atoms with van der Waals surface area (Å²) in [6.07, 6.45) is 1.58. The maximum absolute atomic E-state index is 4.61. The summed E-state index contributed by atoms with van der Waals surface area (Å²) < 4.78 is 0. The minimum absolute atomic E-state index is 1.51. The lowest BCUT2D eigenvalue weighted by atomic mass is 11.0. The third-order valence-electron chi connectivity index (χ3n) is 0.545. The highest BCUT2D eigenvalue weighted by atomic mass is 16.7. The van der Waals surface area contributed by atoms with Crippen LogP contribution in [0.4, 0.5) is 0 Å². The van der Waals surface area contributed by atoms with E-state index in [1.807, 2.05) is 0 Å². The van der Waals surface area contributed by atoms with E-state index < -0.39 is 0 Å². The second kappa shape index (κ2) is 2.72. The molecule has 0 N–H and O–H groups in total. The molecular weight excluding hydrogens is 78.0 g/mol. The van der Waals surface area contributed by atoms with Crippen LogP contribution >= 0.6 is 0 Å². The van der Waals surface area contributed by atoms with Gasteiger partial charge in [-0.1, -0.05) is 6.58 Å². The van der Waals surface area contributed by atoms with Gasteiger partial charge in [0.15, 0.2) is 0 Å². The van der Waals surface area contributed by atoms with Gasteiger partial charge in [-0.05, 0) is 0 Å². The quantitative estimate of drug-likeness (QED) is 0.458. The molecular formula is C4H9NO. The van der Waals surface area contributed by atoms with Crippen LogP contribution in [-0.4, -0.2) is 19.2 Å². The van der Waals surface area contributed by atoms with Gasteiger partial charge in [0.1, 0.15) is 0 Å². The fraction of sp³-hybridized carbons (Fsp3) is 0.500.